The summed E-state index contributed by atoms with van der Waals surface area (Å²) in [6, 6.07) is 19.8. The van der Waals surface area contributed by atoms with E-state index in [0.29, 0.717) is 39.4 Å². The highest BCUT2D eigenvalue weighted by molar-refractivity contribution is 6.32. The second-order valence-electron chi connectivity index (χ2n) is 8.59. The van der Waals surface area contributed by atoms with Crippen LogP contribution in [0.25, 0.3) is 11.1 Å². The predicted octanol–water partition coefficient (Wildman–Crippen LogP) is 5.42. The van der Waals surface area contributed by atoms with Crippen LogP contribution in [0.1, 0.15) is 21.5 Å². The van der Waals surface area contributed by atoms with Gasteiger partial charge in [-0.15, -0.1) is 0 Å². The Kier molecular flexibility index (Phi) is 6.05. The third-order valence-electron chi connectivity index (χ3n) is 5.91. The van der Waals surface area contributed by atoms with Crippen LogP contribution in [0.15, 0.2) is 71.9 Å². The van der Waals surface area contributed by atoms with Gasteiger partial charge < -0.3 is 15.9 Å². The summed E-state index contributed by atoms with van der Waals surface area (Å²) in [5.41, 5.74) is 10.3. The fraction of sp³-hybridized carbons (Fsp3) is 0.0741. The molecule has 1 aliphatic rings. The van der Waals surface area contributed by atoms with Crippen LogP contribution in [-0.4, -0.2) is 29.3 Å². The zero-order valence-corrected chi connectivity index (χ0v) is 20.7. The van der Waals surface area contributed by atoms with E-state index in [1.807, 2.05) is 38.2 Å². The number of benzene rings is 3. The molecule has 0 fully saturated rings. The number of fused-ring (bicyclic) bond motifs is 1. The summed E-state index contributed by atoms with van der Waals surface area (Å²) < 4.78 is -0.125. The molecule has 10 heteroatoms. The number of halogens is 1. The van der Waals surface area contributed by atoms with Crippen LogP contribution in [0.4, 0.5) is 23.1 Å². The lowest BCUT2D eigenvalue weighted by Crippen LogP contribution is -2.45. The van der Waals surface area contributed by atoms with Crippen LogP contribution in [0.2, 0.25) is 5.02 Å². The van der Waals surface area contributed by atoms with Gasteiger partial charge in [0.25, 0.3) is 0 Å². The molecule has 9 nitrogen and oxygen atoms in total. The van der Waals surface area contributed by atoms with Crippen molar-refractivity contribution >= 4 is 47.0 Å². The van der Waals surface area contributed by atoms with Crippen LogP contribution in [0.3, 0.4) is 0 Å². The maximum atomic E-state index is 11.4. The van der Waals surface area contributed by atoms with Crippen LogP contribution in [-0.2, 0) is 0 Å². The molecule has 0 bridgehead atoms. The molecule has 3 N–H and O–H groups in total. The Bertz CT molecular complexity index is 1570. The van der Waals surface area contributed by atoms with Gasteiger partial charge in [-0.1, -0.05) is 28.4 Å². The molecule has 182 valence electrons. The van der Waals surface area contributed by atoms with E-state index in [1.54, 1.807) is 48.9 Å². The predicted molar refractivity (Wildman–Crippen MR) is 143 cm³/mol. The highest BCUT2D eigenvalue weighted by Gasteiger charge is 2.38. The molecule has 1 amide bonds. The molecular weight excluding hydrogens is 490 g/mol. The van der Waals surface area contributed by atoms with E-state index in [2.05, 4.69) is 26.3 Å². The van der Waals surface area contributed by atoms with E-state index < -0.39 is 5.91 Å². The number of aryl methyl sites for hydroxylation is 1. The summed E-state index contributed by atoms with van der Waals surface area (Å²) in [5, 5.41) is 12.5. The van der Waals surface area contributed by atoms with E-state index in [4.69, 9.17) is 27.4 Å². The number of hydrogen-bond donors (Lipinski definition) is 2. The zero-order valence-electron chi connectivity index (χ0n) is 19.9. The Morgan fingerprint density at radius 3 is 2.49 bits per heavy atom. The lowest BCUT2D eigenvalue weighted by Gasteiger charge is -2.24. The second kappa shape index (κ2) is 9.35. The molecule has 1 aromatic heterocycles. The van der Waals surface area contributed by atoms with Gasteiger partial charge in [-0.05, 0) is 66.6 Å². The fourth-order valence-corrected chi connectivity index (χ4v) is 4.22. The Labute approximate surface area is 218 Å². The second-order valence-corrected chi connectivity index (χ2v) is 9.00. The maximum Gasteiger partial charge on any atom is 0.248 e. The summed E-state index contributed by atoms with van der Waals surface area (Å²) >= 11 is 6.66. The summed E-state index contributed by atoms with van der Waals surface area (Å²) in [6.07, 6.45) is 3.27. The lowest BCUT2D eigenvalue weighted by molar-refractivity contribution is 0.0622. The van der Waals surface area contributed by atoms with Crippen molar-refractivity contribution < 1.29 is 9.63 Å². The Balaban J connectivity index is 1.38. The minimum absolute atomic E-state index is 0.125. The molecule has 3 aromatic carbocycles. The first-order valence-corrected chi connectivity index (χ1v) is 11.6. The number of quaternary nitrogens is 1. The molecular formula is C27H21ClN7O2+. The molecule has 2 heterocycles. The van der Waals surface area contributed by atoms with Crippen molar-refractivity contribution in [3.05, 3.63) is 88.6 Å². The topological polar surface area (TPSA) is 126 Å². The summed E-state index contributed by atoms with van der Waals surface area (Å²) in [4.78, 5) is 31.0. The van der Waals surface area contributed by atoms with Gasteiger partial charge in [0.05, 0.1) is 16.7 Å². The number of nitrogens with one attached hydrogen (secondary N) is 1. The Morgan fingerprint density at radius 1 is 1.11 bits per heavy atom. The third kappa shape index (κ3) is 4.71. The number of aromatic nitrogens is 2. The van der Waals surface area contributed by atoms with Crippen LogP contribution < -0.4 is 20.5 Å². The van der Waals surface area contributed by atoms with Gasteiger partial charge in [0.1, 0.15) is 13.2 Å². The summed E-state index contributed by atoms with van der Waals surface area (Å²) in [5.74, 6) is 0.861. The number of amides is 1. The number of primary amides is 1. The van der Waals surface area contributed by atoms with E-state index in [0.717, 1.165) is 22.4 Å². The van der Waals surface area contributed by atoms with Crippen molar-refractivity contribution in [1.82, 2.24) is 14.6 Å². The molecule has 0 radical (unpaired) electrons. The number of aliphatic imine (C=N–C) groups is 1. The number of rotatable bonds is 6. The molecule has 1 aliphatic heterocycles. The molecule has 1 unspecified atom stereocenters. The average molecular weight is 511 g/mol. The Hall–Kier alpha value is -4.78. The first kappa shape index (κ1) is 23.9. The van der Waals surface area contributed by atoms with Crippen molar-refractivity contribution in [2.24, 2.45) is 10.7 Å². The minimum atomic E-state index is -0.477. The average Bonchev–Trinajstić information content (AvgIpc) is 3.22. The van der Waals surface area contributed by atoms with Crippen molar-refractivity contribution in [2.75, 3.05) is 12.4 Å². The highest BCUT2D eigenvalue weighted by Crippen LogP contribution is 2.40. The Morgan fingerprint density at radius 2 is 1.84 bits per heavy atom. The van der Waals surface area contributed by atoms with Crippen LogP contribution in [0.5, 0.6) is 5.75 Å². The van der Waals surface area contributed by atoms with E-state index in [-0.39, 0.29) is 4.65 Å². The number of nitriles is 1. The molecule has 4 aromatic rings. The molecule has 0 aliphatic carbocycles. The third-order valence-corrected chi connectivity index (χ3v) is 6.19. The van der Waals surface area contributed by atoms with Gasteiger partial charge in [0.2, 0.25) is 35.4 Å². The van der Waals surface area contributed by atoms with Crippen molar-refractivity contribution in [3.8, 4) is 22.9 Å². The molecule has 1 atom stereocenters. The number of hydroxylamine groups is 2. The number of carbonyl (C=O) groups excluding carboxylic acids is 1. The van der Waals surface area contributed by atoms with Crippen molar-refractivity contribution in [1.29, 1.82) is 5.26 Å². The van der Waals surface area contributed by atoms with Gasteiger partial charge in [-0.2, -0.15) is 15.2 Å². The van der Waals surface area contributed by atoms with Crippen LogP contribution in [0, 0.1) is 18.3 Å². The molecule has 5 rings (SSSR count). The van der Waals surface area contributed by atoms with Gasteiger partial charge in [-0.3, -0.25) is 4.79 Å². The largest absolute Gasteiger partial charge is 0.366 e. The van der Waals surface area contributed by atoms with Crippen LogP contribution >= 0.6 is 11.6 Å². The maximum absolute atomic E-state index is 11.4. The molecule has 0 saturated carbocycles. The van der Waals surface area contributed by atoms with Gasteiger partial charge >= 0.3 is 0 Å². The molecule has 0 saturated heterocycles. The highest BCUT2D eigenvalue weighted by atomic mass is 35.5. The number of nitrogens with zero attached hydrogens (tertiary/aromatic N) is 5. The number of nitrogens with two attached hydrogens (primary N) is 1. The monoisotopic (exact) mass is 510 g/mol. The normalized spacial score (nSPS) is 15.6. The number of carbonyl (C=O) groups is 1. The lowest BCUT2D eigenvalue weighted by atomic mass is 10.0. The van der Waals surface area contributed by atoms with Crippen molar-refractivity contribution in [3.63, 3.8) is 0 Å². The minimum Gasteiger partial charge on any atom is -0.366 e. The van der Waals surface area contributed by atoms with Gasteiger partial charge in [0, 0.05) is 16.8 Å². The van der Waals surface area contributed by atoms with Crippen molar-refractivity contribution in [2.45, 2.75) is 6.92 Å². The first-order valence-electron chi connectivity index (χ1n) is 11.2. The first-order chi connectivity index (χ1) is 17.8. The number of hydrogen-bond acceptors (Lipinski definition) is 7. The summed E-state index contributed by atoms with van der Waals surface area (Å²) in [7, 11) is 1.82. The zero-order chi connectivity index (χ0) is 26.2. The van der Waals surface area contributed by atoms with E-state index >= 15 is 0 Å². The number of anilines is 2. The fourth-order valence-electron chi connectivity index (χ4n) is 3.92. The van der Waals surface area contributed by atoms with E-state index in [9.17, 15) is 4.79 Å². The summed E-state index contributed by atoms with van der Waals surface area (Å²) in [6.45, 7) is 1.91. The molecule has 37 heavy (non-hydrogen) atoms. The van der Waals surface area contributed by atoms with Gasteiger partial charge in [0.15, 0.2) is 0 Å². The molecule has 0 spiro atoms. The standard InChI is InChI=1S/C27H20ClN7O2/c1-16-11-20(18-5-7-19(8-6-18)25(30)36)12-22(28)24(16)37-35(2)15-32-26-23(35)14-31-27(34-26)33-21-9-3-17(13-29)4-10-21/h3-12,14-15H,1-2H3,(H2-,30,31,33,34,36)/p+1. The van der Waals surface area contributed by atoms with Gasteiger partial charge in [-0.25, -0.2) is 4.98 Å². The van der Waals surface area contributed by atoms with E-state index in [1.165, 1.54) is 0 Å². The quantitative estimate of drug-likeness (QED) is 0.333. The smallest absolute Gasteiger partial charge is 0.248 e. The SMILES string of the molecule is Cc1cc(-c2ccc(C(N)=O)cc2)cc(Cl)c1O[N+]1(C)C=Nc2nc(Nc3ccc(C#N)cc3)ncc21.